The number of aliphatic hydroxyl groups is 1. The molecule has 3 aromatic carbocycles. The van der Waals surface area contributed by atoms with Gasteiger partial charge in [0.25, 0.3) is 5.88 Å². The van der Waals surface area contributed by atoms with Crippen LogP contribution in [0.3, 0.4) is 0 Å². The second kappa shape index (κ2) is 22.5. The maximum absolute atomic E-state index is 14.4. The maximum Gasteiger partial charge on any atom is 0.410 e. The van der Waals surface area contributed by atoms with Crippen molar-refractivity contribution in [3.05, 3.63) is 101 Å². The van der Waals surface area contributed by atoms with E-state index in [2.05, 4.69) is 45.2 Å². The number of β-amino-alcohol motifs (C(OH)–C–C–N with tert-alkyl or cyclic N) is 1. The third-order valence-corrected chi connectivity index (χ3v) is 18.9. The molecule has 4 aliphatic heterocycles. The van der Waals surface area contributed by atoms with Gasteiger partial charge in [-0.05, 0) is 124 Å². The van der Waals surface area contributed by atoms with Gasteiger partial charge in [-0.25, -0.2) is 9.78 Å². The number of aromatic hydroxyl groups is 1. The first-order chi connectivity index (χ1) is 40.2. The number of aryl methyl sites for hydroxylation is 1. The van der Waals surface area contributed by atoms with Gasteiger partial charge < -0.3 is 44.1 Å². The smallest absolute Gasteiger partial charge is 0.410 e. The fourth-order valence-corrected chi connectivity index (χ4v) is 14.2. The molecule has 20 heteroatoms. The van der Waals surface area contributed by atoms with Gasteiger partial charge in [-0.3, -0.25) is 24.4 Å². The van der Waals surface area contributed by atoms with Crippen molar-refractivity contribution in [1.82, 2.24) is 45.1 Å². The SMILES string of the molecule is Cc1ncsc1-c1ccc([C@H](C)NC(=O)[C@@H]2C[C@@H](O)CN2C(=O)[C@H](c2cc(OCC3(C)CCN(CCOc4nc(N5CC6CCC(C5)N6C(=O)OC(C)(C)C)c5cnc6c(c5n4)C(C)c4cccc5cc(O)cc-6c45)CC3)no2)C(C)C)cc1. The Hall–Kier alpha value is -7.42. The van der Waals surface area contributed by atoms with Crippen LogP contribution in [0.2, 0.25) is 0 Å². The van der Waals surface area contributed by atoms with Crippen molar-refractivity contribution in [1.29, 1.82) is 0 Å². The fraction of sp³-hybridized carbons (Fsp3) is 0.500. The van der Waals surface area contributed by atoms with Crippen molar-refractivity contribution in [2.45, 2.75) is 142 Å². The lowest BCUT2D eigenvalue weighted by molar-refractivity contribution is -0.141. The van der Waals surface area contributed by atoms with Crippen molar-refractivity contribution < 1.29 is 43.3 Å². The Morgan fingerprint density at radius 2 is 1.70 bits per heavy atom. The van der Waals surface area contributed by atoms with Gasteiger partial charge in [-0.15, -0.1) is 11.3 Å². The lowest BCUT2D eigenvalue weighted by atomic mass is 9.79. The number of nitrogens with zero attached hydrogens (tertiary/aromatic N) is 9. The molecule has 2 bridgehead atoms. The zero-order valence-electron chi connectivity index (χ0n) is 49.4. The highest BCUT2D eigenvalue weighted by Gasteiger charge is 2.47. The minimum absolute atomic E-state index is 0.0343. The first kappa shape index (κ1) is 57.0. The number of nitrogens with one attached hydrogen (secondary N) is 1. The highest BCUT2D eigenvalue weighted by Crippen LogP contribution is 2.49. The molecule has 3 N–H and O–H groups in total. The Balaban J connectivity index is 0.689. The summed E-state index contributed by atoms with van der Waals surface area (Å²) in [5.74, 6) is -0.125. The van der Waals surface area contributed by atoms with Gasteiger partial charge in [-0.2, -0.15) is 9.97 Å². The number of hydrogen-bond donors (Lipinski definition) is 3. The first-order valence-electron chi connectivity index (χ1n) is 29.7. The number of piperazine rings is 1. The van der Waals surface area contributed by atoms with Crippen LogP contribution in [0.15, 0.2) is 76.9 Å². The van der Waals surface area contributed by atoms with Gasteiger partial charge in [0.05, 0.1) is 63.5 Å². The van der Waals surface area contributed by atoms with Crippen molar-refractivity contribution in [3.63, 3.8) is 0 Å². The number of likely N-dealkylation sites (tertiary alicyclic amines) is 2. The molecule has 3 unspecified atom stereocenters. The average molecular weight is 1160 g/mol. The number of carbonyl (C=O) groups excluding carboxylic acids is 3. The van der Waals surface area contributed by atoms with Crippen LogP contribution in [0.5, 0.6) is 17.6 Å². The highest BCUT2D eigenvalue weighted by atomic mass is 32.1. The van der Waals surface area contributed by atoms with E-state index in [4.69, 9.17) is 33.7 Å². The number of pyridine rings is 1. The van der Waals surface area contributed by atoms with E-state index in [9.17, 15) is 24.6 Å². The van der Waals surface area contributed by atoms with Crippen LogP contribution in [0.25, 0.3) is 43.4 Å². The number of aliphatic hydroxyl groups excluding tert-OH is 1. The lowest BCUT2D eigenvalue weighted by Gasteiger charge is -2.42. The Labute approximate surface area is 493 Å². The fourth-order valence-electron chi connectivity index (χ4n) is 13.4. The van der Waals surface area contributed by atoms with Gasteiger partial charge >= 0.3 is 12.1 Å². The molecule has 5 aliphatic rings. The molecule has 8 heterocycles. The van der Waals surface area contributed by atoms with E-state index < -0.39 is 23.7 Å². The number of carbonyl (C=O) groups is 3. The normalized spacial score (nSPS) is 21.9. The van der Waals surface area contributed by atoms with E-state index in [1.54, 1.807) is 29.5 Å². The third kappa shape index (κ3) is 11.1. The summed E-state index contributed by atoms with van der Waals surface area (Å²) >= 11 is 1.59. The number of piperidine rings is 1. The molecule has 1 aliphatic carbocycles. The minimum atomic E-state index is -0.854. The monoisotopic (exact) mass is 1160 g/mol. The molecule has 84 heavy (non-hydrogen) atoms. The van der Waals surface area contributed by atoms with Crippen LogP contribution in [-0.4, -0.2) is 150 Å². The molecule has 7 aromatic rings. The number of phenols is 1. The van der Waals surface area contributed by atoms with Crippen LogP contribution in [0.1, 0.15) is 134 Å². The zero-order valence-corrected chi connectivity index (χ0v) is 50.2. The third-order valence-electron chi connectivity index (χ3n) is 17.9. The lowest BCUT2D eigenvalue weighted by Crippen LogP contribution is -2.57. The zero-order chi connectivity index (χ0) is 58.9. The minimum Gasteiger partial charge on any atom is -0.508 e. The molecule has 4 aromatic heterocycles. The van der Waals surface area contributed by atoms with E-state index in [0.29, 0.717) is 44.5 Å². The topological polar surface area (TPSA) is 222 Å². The average Bonchev–Trinajstić information content (AvgIpc) is 1.92. The number of rotatable bonds is 15. The van der Waals surface area contributed by atoms with E-state index in [0.717, 1.165) is 110 Å². The summed E-state index contributed by atoms with van der Waals surface area (Å²) in [6.07, 6.45) is 4.32. The number of ether oxygens (including phenoxy) is 3. The van der Waals surface area contributed by atoms with Crippen LogP contribution >= 0.6 is 11.3 Å². The van der Waals surface area contributed by atoms with Gasteiger partial charge in [0.15, 0.2) is 5.76 Å². The largest absolute Gasteiger partial charge is 0.508 e. The predicted molar refractivity (Wildman–Crippen MR) is 320 cm³/mol. The Kier molecular flexibility index (Phi) is 15.3. The van der Waals surface area contributed by atoms with Gasteiger partial charge in [0, 0.05) is 67.3 Å². The van der Waals surface area contributed by atoms with Crippen LogP contribution < -0.4 is 19.7 Å². The van der Waals surface area contributed by atoms with E-state index in [1.807, 2.05) is 101 Å². The summed E-state index contributed by atoms with van der Waals surface area (Å²) in [7, 11) is 0. The Morgan fingerprint density at radius 3 is 2.40 bits per heavy atom. The molecule has 4 fully saturated rings. The van der Waals surface area contributed by atoms with Crippen LogP contribution in [0, 0.1) is 18.3 Å². The van der Waals surface area contributed by atoms with Crippen molar-refractivity contribution in [3.8, 4) is 39.3 Å². The van der Waals surface area contributed by atoms with E-state index in [-0.39, 0.29) is 78.0 Å². The molecule has 3 amide bonds. The molecule has 4 saturated heterocycles. The van der Waals surface area contributed by atoms with Gasteiger partial charge in [0.1, 0.15) is 35.7 Å². The standard InChI is InChI=1S/C64H76N10O9S/c1-35(2)52(60(78)73-32-45(76)27-49(73)59(77)67-37(4)39-13-15-40(16-14-39)57-38(5)66-34-84-57)50-28-51(70-83-50)81-33-64(9)19-21-71(22-20-64)23-24-80-61-68-56-48(58(69-61)72-30-42-17-18-43(31-72)74(42)62(79)82-63(6,7)8)29-65-55-47-26-44(75)25-41-11-10-12-46(54(41)47)36(3)53(55)56/h10-16,25-26,28-29,34-37,42-43,45,49,52,75-76H,17-24,27,30-33H2,1-9H3,(H,67,77)/t36?,37-,42?,43?,45+,49-,52-/m0/s1. The summed E-state index contributed by atoms with van der Waals surface area (Å²) in [5, 5.41) is 31.9. The summed E-state index contributed by atoms with van der Waals surface area (Å²) < 4.78 is 24.6. The number of fused-ring (bicyclic) bond motifs is 6. The highest BCUT2D eigenvalue weighted by molar-refractivity contribution is 7.13. The molecule has 7 atom stereocenters. The molecule has 442 valence electrons. The van der Waals surface area contributed by atoms with Crippen LogP contribution in [0.4, 0.5) is 10.6 Å². The Bertz CT molecular complexity index is 3610. The molecular formula is C64H76N10O9S. The second-order valence-corrected chi connectivity index (χ2v) is 26.4. The summed E-state index contributed by atoms with van der Waals surface area (Å²) in [4.78, 5) is 70.9. The number of thiazole rings is 1. The van der Waals surface area contributed by atoms with Gasteiger partial charge in [-0.1, -0.05) is 70.2 Å². The summed E-state index contributed by atoms with van der Waals surface area (Å²) in [6, 6.07) is 18.5. The van der Waals surface area contributed by atoms with Gasteiger partial charge in [0.2, 0.25) is 11.8 Å². The number of benzene rings is 3. The molecule has 0 radical (unpaired) electrons. The van der Waals surface area contributed by atoms with Crippen LogP contribution in [-0.2, 0) is 14.3 Å². The van der Waals surface area contributed by atoms with E-state index in [1.165, 1.54) is 4.90 Å². The molecule has 19 nitrogen and oxygen atoms in total. The summed E-state index contributed by atoms with van der Waals surface area (Å²) in [6.45, 7) is 22.1. The quantitative estimate of drug-likeness (QED) is 0.0869. The molecule has 0 spiro atoms. The first-order valence-corrected chi connectivity index (χ1v) is 30.5. The number of aromatic nitrogens is 5. The number of hydrogen-bond acceptors (Lipinski definition) is 17. The predicted octanol–water partition coefficient (Wildman–Crippen LogP) is 10.2. The van der Waals surface area contributed by atoms with Crippen molar-refractivity contribution in [2.24, 2.45) is 11.3 Å². The molecule has 0 saturated carbocycles. The van der Waals surface area contributed by atoms with E-state index >= 15 is 0 Å². The number of amides is 3. The number of phenolic OH excluding ortho intramolecular Hbond substituents is 1. The maximum atomic E-state index is 14.4. The Morgan fingerprint density at radius 1 is 0.952 bits per heavy atom. The van der Waals surface area contributed by atoms with Crippen molar-refractivity contribution >= 4 is 56.7 Å². The summed E-state index contributed by atoms with van der Waals surface area (Å²) in [5.41, 5.74) is 8.52. The van der Waals surface area contributed by atoms with Crippen molar-refractivity contribution in [2.75, 3.05) is 57.4 Å². The number of anilines is 1. The molecule has 12 rings (SSSR count). The second-order valence-electron chi connectivity index (χ2n) is 25.5. The molecular weight excluding hydrogens is 1080 g/mol.